The predicted molar refractivity (Wildman–Crippen MR) is 110 cm³/mol. The molecule has 1 aromatic carbocycles. The van der Waals surface area contributed by atoms with Crippen molar-refractivity contribution in [2.75, 3.05) is 5.32 Å². The molecule has 0 fully saturated rings. The maximum atomic E-state index is 13.9. The molecule has 0 atom stereocenters. The highest BCUT2D eigenvalue weighted by atomic mass is 35.5. The van der Waals surface area contributed by atoms with Gasteiger partial charge in [-0.1, -0.05) is 11.6 Å². The number of alkyl halides is 3. The molecule has 34 heavy (non-hydrogen) atoms. The van der Waals surface area contributed by atoms with E-state index >= 15 is 0 Å². The van der Waals surface area contributed by atoms with E-state index in [4.69, 9.17) is 11.6 Å². The predicted octanol–water partition coefficient (Wildman–Crippen LogP) is 4.09. The molecule has 0 unspecified atom stereocenters. The summed E-state index contributed by atoms with van der Waals surface area (Å²) in [6, 6.07) is 5.04. The summed E-state index contributed by atoms with van der Waals surface area (Å²) in [5.41, 5.74) is -2.64. The number of hydrogen-bond acceptors (Lipinski definition) is 6. The van der Waals surface area contributed by atoms with Crippen molar-refractivity contribution in [3.8, 4) is 17.6 Å². The number of nitriles is 1. The van der Waals surface area contributed by atoms with Crippen LogP contribution in [0.25, 0.3) is 11.5 Å². The van der Waals surface area contributed by atoms with Gasteiger partial charge in [0.2, 0.25) is 0 Å². The van der Waals surface area contributed by atoms with Crippen LogP contribution in [0.15, 0.2) is 43.0 Å². The van der Waals surface area contributed by atoms with Gasteiger partial charge in [0, 0.05) is 5.56 Å². The van der Waals surface area contributed by atoms with Gasteiger partial charge in [0.15, 0.2) is 11.5 Å². The molecule has 14 heteroatoms. The molecule has 4 rings (SSSR count). The molecule has 0 saturated heterocycles. The van der Waals surface area contributed by atoms with E-state index in [9.17, 15) is 27.6 Å². The third kappa shape index (κ3) is 4.06. The van der Waals surface area contributed by atoms with Crippen LogP contribution in [0.1, 0.15) is 27.2 Å². The summed E-state index contributed by atoms with van der Waals surface area (Å²) in [4.78, 5) is 17.8. The zero-order valence-corrected chi connectivity index (χ0v) is 17.7. The Labute approximate surface area is 193 Å². The lowest BCUT2D eigenvalue weighted by atomic mass is 10.1. The largest absolute Gasteiger partial charge is 0.434 e. The summed E-state index contributed by atoms with van der Waals surface area (Å²) in [6.45, 7) is 1.30. The van der Waals surface area contributed by atoms with Gasteiger partial charge in [-0.2, -0.15) is 33.7 Å². The number of aromatic nitrogens is 6. The highest BCUT2D eigenvalue weighted by molar-refractivity contribution is 6.33. The molecule has 172 valence electrons. The van der Waals surface area contributed by atoms with Crippen molar-refractivity contribution in [1.82, 2.24) is 29.8 Å². The fourth-order valence-electron chi connectivity index (χ4n) is 3.07. The molecule has 0 radical (unpaired) electrons. The average molecular weight is 491 g/mol. The van der Waals surface area contributed by atoms with Crippen LogP contribution in [0.2, 0.25) is 5.02 Å². The van der Waals surface area contributed by atoms with E-state index in [1.54, 1.807) is 0 Å². The fourth-order valence-corrected chi connectivity index (χ4v) is 3.31. The first kappa shape index (κ1) is 22.9. The van der Waals surface area contributed by atoms with Gasteiger partial charge in [0.25, 0.3) is 5.91 Å². The SMILES string of the molecule is Cc1c(F)ccc(-n2ncc(C(=O)Nc3cnc(-n4nccn4)c(C#N)c3)c2C(F)(F)F)c1Cl. The summed E-state index contributed by atoms with van der Waals surface area (Å²) in [7, 11) is 0. The normalized spacial score (nSPS) is 11.3. The van der Waals surface area contributed by atoms with Gasteiger partial charge in [-0.3, -0.25) is 4.79 Å². The van der Waals surface area contributed by atoms with Crippen LogP contribution in [-0.2, 0) is 6.18 Å². The molecule has 1 N–H and O–H groups in total. The molecule has 3 aromatic heterocycles. The number of benzene rings is 1. The third-order valence-electron chi connectivity index (χ3n) is 4.66. The second-order valence-corrected chi connectivity index (χ2v) is 7.18. The van der Waals surface area contributed by atoms with Crippen LogP contribution in [0.3, 0.4) is 0 Å². The van der Waals surface area contributed by atoms with E-state index in [-0.39, 0.29) is 33.3 Å². The number of nitrogens with one attached hydrogen (secondary N) is 1. The number of carbonyl (C=O) groups excluding carboxylic acids is 1. The van der Waals surface area contributed by atoms with E-state index < -0.39 is 29.2 Å². The van der Waals surface area contributed by atoms with E-state index in [0.717, 1.165) is 23.1 Å². The van der Waals surface area contributed by atoms with Gasteiger partial charge in [-0.25, -0.2) is 14.1 Å². The van der Waals surface area contributed by atoms with Crippen molar-refractivity contribution >= 4 is 23.2 Å². The third-order valence-corrected chi connectivity index (χ3v) is 5.14. The van der Waals surface area contributed by atoms with Crippen LogP contribution >= 0.6 is 11.6 Å². The number of hydrogen-bond donors (Lipinski definition) is 1. The first-order chi connectivity index (χ1) is 16.1. The lowest BCUT2D eigenvalue weighted by Crippen LogP contribution is -2.21. The van der Waals surface area contributed by atoms with Crippen molar-refractivity contribution in [2.24, 2.45) is 0 Å². The van der Waals surface area contributed by atoms with Gasteiger partial charge in [0.05, 0.1) is 46.7 Å². The number of carbonyl (C=O) groups is 1. The Balaban J connectivity index is 1.73. The summed E-state index contributed by atoms with van der Waals surface area (Å²) in [6.07, 6.45) is -0.433. The van der Waals surface area contributed by atoms with Gasteiger partial charge < -0.3 is 5.32 Å². The average Bonchev–Trinajstić information content (AvgIpc) is 3.47. The molecular weight excluding hydrogens is 480 g/mol. The highest BCUT2D eigenvalue weighted by Crippen LogP contribution is 2.36. The monoisotopic (exact) mass is 490 g/mol. The Kier molecular flexibility index (Phi) is 5.76. The van der Waals surface area contributed by atoms with E-state index in [1.165, 1.54) is 25.4 Å². The smallest absolute Gasteiger partial charge is 0.320 e. The number of halogens is 5. The van der Waals surface area contributed by atoms with Crippen molar-refractivity contribution in [1.29, 1.82) is 5.26 Å². The molecule has 9 nitrogen and oxygen atoms in total. The minimum Gasteiger partial charge on any atom is -0.320 e. The summed E-state index contributed by atoms with van der Waals surface area (Å²) >= 11 is 6.04. The second-order valence-electron chi connectivity index (χ2n) is 6.80. The first-order valence-corrected chi connectivity index (χ1v) is 9.68. The van der Waals surface area contributed by atoms with Crippen LogP contribution in [0, 0.1) is 24.1 Å². The quantitative estimate of drug-likeness (QED) is 0.431. The molecule has 1 amide bonds. The molecule has 3 heterocycles. The van der Waals surface area contributed by atoms with Crippen molar-refractivity contribution in [3.63, 3.8) is 0 Å². The van der Waals surface area contributed by atoms with Gasteiger partial charge >= 0.3 is 6.18 Å². The number of anilines is 1. The number of rotatable bonds is 4. The molecule has 0 spiro atoms. The van der Waals surface area contributed by atoms with Crippen LogP contribution < -0.4 is 5.32 Å². The number of amides is 1. The molecule has 4 aromatic rings. The minimum absolute atomic E-state index is 0.0330. The topological polar surface area (TPSA) is 114 Å². The Morgan fingerprint density at radius 2 is 1.88 bits per heavy atom. The maximum Gasteiger partial charge on any atom is 0.434 e. The van der Waals surface area contributed by atoms with E-state index in [2.05, 4.69) is 25.6 Å². The summed E-state index contributed by atoms with van der Waals surface area (Å²) in [5.74, 6) is -1.80. The highest BCUT2D eigenvalue weighted by Gasteiger charge is 2.41. The Hall–Kier alpha value is -4.31. The molecule has 0 aliphatic heterocycles. The van der Waals surface area contributed by atoms with Crippen molar-refractivity contribution in [3.05, 3.63) is 76.2 Å². The van der Waals surface area contributed by atoms with Crippen molar-refractivity contribution in [2.45, 2.75) is 13.1 Å². The van der Waals surface area contributed by atoms with Gasteiger partial charge in [0.1, 0.15) is 17.4 Å². The molecular formula is C20H11ClF4N8O. The second kappa shape index (κ2) is 8.56. The molecule has 0 saturated carbocycles. The molecule has 0 aliphatic rings. The Morgan fingerprint density at radius 3 is 2.53 bits per heavy atom. The minimum atomic E-state index is -5.01. The van der Waals surface area contributed by atoms with Crippen LogP contribution in [0.5, 0.6) is 0 Å². The number of nitrogens with zero attached hydrogens (tertiary/aromatic N) is 7. The zero-order valence-electron chi connectivity index (χ0n) is 17.0. The Bertz CT molecular complexity index is 1440. The fraction of sp³-hybridized carbons (Fsp3) is 0.100. The maximum absolute atomic E-state index is 13.9. The van der Waals surface area contributed by atoms with E-state index in [1.807, 2.05) is 6.07 Å². The molecule has 0 aliphatic carbocycles. The summed E-state index contributed by atoms with van der Waals surface area (Å²) < 4.78 is 56.0. The van der Waals surface area contributed by atoms with Gasteiger partial charge in [-0.05, 0) is 25.1 Å². The lowest BCUT2D eigenvalue weighted by molar-refractivity contribution is -0.143. The molecule has 0 bridgehead atoms. The number of pyridine rings is 1. The zero-order chi connectivity index (χ0) is 24.6. The summed E-state index contributed by atoms with van der Waals surface area (Å²) in [5, 5.41) is 22.7. The van der Waals surface area contributed by atoms with Gasteiger partial charge in [-0.15, -0.1) is 4.80 Å². The first-order valence-electron chi connectivity index (χ1n) is 9.30. The lowest BCUT2D eigenvalue weighted by Gasteiger charge is -2.15. The van der Waals surface area contributed by atoms with Crippen LogP contribution in [0.4, 0.5) is 23.2 Å². The standard InChI is InChI=1S/C20H11ClF4N8O/c1-10-14(22)2-3-15(16(10)21)32-17(20(23,24)25)13(9-30-32)19(34)31-12-6-11(7-26)18(27-8-12)33-28-4-5-29-33/h2-6,8-9H,1H3,(H,31,34). The van der Waals surface area contributed by atoms with Crippen LogP contribution in [-0.4, -0.2) is 35.7 Å². The van der Waals surface area contributed by atoms with Crippen molar-refractivity contribution < 1.29 is 22.4 Å². The Morgan fingerprint density at radius 1 is 1.18 bits per heavy atom. The van der Waals surface area contributed by atoms with E-state index in [0.29, 0.717) is 10.9 Å².